The highest BCUT2D eigenvalue weighted by molar-refractivity contribution is 5.91. The third-order valence-corrected chi connectivity index (χ3v) is 5.93. The number of hydrogen-bond donors (Lipinski definition) is 1. The predicted octanol–water partition coefficient (Wildman–Crippen LogP) is 2.88. The Morgan fingerprint density at radius 3 is 2.73 bits per heavy atom. The molecule has 4 rings (SSSR count). The fourth-order valence-electron chi connectivity index (χ4n) is 4.24. The molecule has 7 heteroatoms. The number of pyridine rings is 1. The van der Waals surface area contributed by atoms with Crippen LogP contribution in [0.2, 0.25) is 0 Å². The van der Waals surface area contributed by atoms with E-state index in [0.29, 0.717) is 13.1 Å². The van der Waals surface area contributed by atoms with Gasteiger partial charge in [0.15, 0.2) is 5.82 Å². The van der Waals surface area contributed by atoms with Crippen molar-refractivity contribution in [3.8, 4) is 0 Å². The van der Waals surface area contributed by atoms with Crippen molar-refractivity contribution < 1.29 is 4.79 Å². The number of nitrogens with zero attached hydrogens (tertiary/aromatic N) is 5. The van der Waals surface area contributed by atoms with Crippen LogP contribution < -0.4 is 15.1 Å². The molecule has 158 valence electrons. The standard InChI is InChI=1S/C23H30N6O/c1-16-20-11-12-24-22(21(20)28(4)26-16)29-13-5-6-18(15-29)23(30)25-14-17-7-9-19(10-8-17)27(2)3/h7-12,18H,5-6,13-15H2,1-4H3,(H,25,30)/t18-/m0/s1. The van der Waals surface area contributed by atoms with E-state index < -0.39 is 0 Å². The van der Waals surface area contributed by atoms with Crippen molar-refractivity contribution in [3.63, 3.8) is 0 Å². The topological polar surface area (TPSA) is 66.3 Å². The molecule has 30 heavy (non-hydrogen) atoms. The van der Waals surface area contributed by atoms with Crippen LogP contribution in [0.5, 0.6) is 0 Å². The molecule has 1 aromatic carbocycles. The quantitative estimate of drug-likeness (QED) is 0.706. The number of aryl methyl sites for hydroxylation is 2. The van der Waals surface area contributed by atoms with Crippen LogP contribution in [0.4, 0.5) is 11.5 Å². The number of nitrogens with one attached hydrogen (secondary N) is 1. The highest BCUT2D eigenvalue weighted by Crippen LogP contribution is 2.29. The molecule has 1 amide bonds. The van der Waals surface area contributed by atoms with Gasteiger partial charge < -0.3 is 15.1 Å². The Morgan fingerprint density at radius 1 is 1.23 bits per heavy atom. The Kier molecular flexibility index (Phi) is 5.61. The smallest absolute Gasteiger partial charge is 0.225 e. The Morgan fingerprint density at radius 2 is 2.00 bits per heavy atom. The van der Waals surface area contributed by atoms with Crippen molar-refractivity contribution >= 4 is 28.3 Å². The lowest BCUT2D eigenvalue weighted by Crippen LogP contribution is -2.43. The first-order valence-corrected chi connectivity index (χ1v) is 10.5. The lowest BCUT2D eigenvalue weighted by molar-refractivity contribution is -0.125. The van der Waals surface area contributed by atoms with Crippen molar-refractivity contribution in [2.75, 3.05) is 37.0 Å². The number of fused-ring (bicyclic) bond motifs is 1. The maximum absolute atomic E-state index is 12.9. The zero-order valence-electron chi connectivity index (χ0n) is 18.2. The second-order valence-electron chi connectivity index (χ2n) is 8.30. The Hall–Kier alpha value is -3.09. The van der Waals surface area contributed by atoms with E-state index in [4.69, 9.17) is 0 Å². The van der Waals surface area contributed by atoms with Crippen molar-refractivity contribution in [2.45, 2.75) is 26.3 Å². The molecule has 3 heterocycles. The van der Waals surface area contributed by atoms with E-state index in [0.717, 1.165) is 53.1 Å². The van der Waals surface area contributed by atoms with Crippen LogP contribution in [0.25, 0.3) is 10.9 Å². The molecule has 1 aliphatic rings. The zero-order chi connectivity index (χ0) is 21.3. The number of carbonyl (C=O) groups is 1. The molecule has 0 spiro atoms. The molecule has 0 aliphatic carbocycles. The van der Waals surface area contributed by atoms with Gasteiger partial charge in [-0.25, -0.2) is 4.98 Å². The molecule has 1 atom stereocenters. The van der Waals surface area contributed by atoms with Crippen molar-refractivity contribution in [2.24, 2.45) is 13.0 Å². The molecule has 1 fully saturated rings. The number of amides is 1. The van der Waals surface area contributed by atoms with Gasteiger partial charge in [-0.05, 0) is 43.5 Å². The van der Waals surface area contributed by atoms with Gasteiger partial charge in [-0.1, -0.05) is 12.1 Å². The summed E-state index contributed by atoms with van der Waals surface area (Å²) in [4.78, 5) is 21.8. The minimum atomic E-state index is -0.0359. The van der Waals surface area contributed by atoms with Gasteiger partial charge >= 0.3 is 0 Å². The number of rotatable bonds is 5. The average molecular weight is 407 g/mol. The lowest BCUT2D eigenvalue weighted by Gasteiger charge is -2.33. The number of carbonyl (C=O) groups excluding carboxylic acids is 1. The summed E-state index contributed by atoms with van der Waals surface area (Å²) in [7, 11) is 6.00. The fourth-order valence-corrected chi connectivity index (χ4v) is 4.24. The normalized spacial score (nSPS) is 16.7. The second kappa shape index (κ2) is 8.34. The summed E-state index contributed by atoms with van der Waals surface area (Å²) in [6, 6.07) is 10.3. The van der Waals surface area contributed by atoms with Gasteiger partial charge in [0, 0.05) is 58.0 Å². The van der Waals surface area contributed by atoms with E-state index in [1.807, 2.05) is 45.0 Å². The third-order valence-electron chi connectivity index (χ3n) is 5.93. The molecular formula is C23H30N6O. The Bertz CT molecular complexity index is 1040. The first-order chi connectivity index (χ1) is 14.4. The van der Waals surface area contributed by atoms with Crippen LogP contribution in [-0.2, 0) is 18.4 Å². The molecule has 3 aromatic rings. The summed E-state index contributed by atoms with van der Waals surface area (Å²) in [6.07, 6.45) is 3.72. The van der Waals surface area contributed by atoms with Crippen LogP contribution in [-0.4, -0.2) is 47.9 Å². The van der Waals surface area contributed by atoms with Crippen LogP contribution >= 0.6 is 0 Å². The highest BCUT2D eigenvalue weighted by Gasteiger charge is 2.28. The summed E-state index contributed by atoms with van der Waals surface area (Å²) in [6.45, 7) is 4.16. The highest BCUT2D eigenvalue weighted by atomic mass is 16.1. The number of aromatic nitrogens is 3. The first kappa shape index (κ1) is 20.2. The molecule has 1 saturated heterocycles. The van der Waals surface area contributed by atoms with Gasteiger partial charge in [0.1, 0.15) is 5.52 Å². The molecule has 0 unspecified atom stereocenters. The zero-order valence-corrected chi connectivity index (χ0v) is 18.2. The molecule has 2 aromatic heterocycles. The minimum Gasteiger partial charge on any atom is -0.378 e. The predicted molar refractivity (Wildman–Crippen MR) is 121 cm³/mol. The summed E-state index contributed by atoms with van der Waals surface area (Å²) < 4.78 is 1.90. The molecular weight excluding hydrogens is 376 g/mol. The lowest BCUT2D eigenvalue weighted by atomic mass is 9.97. The molecule has 0 radical (unpaired) electrons. The molecule has 1 aliphatic heterocycles. The number of hydrogen-bond acceptors (Lipinski definition) is 5. The van der Waals surface area contributed by atoms with Crippen LogP contribution in [0.3, 0.4) is 0 Å². The van der Waals surface area contributed by atoms with Crippen molar-refractivity contribution in [3.05, 3.63) is 47.8 Å². The van der Waals surface area contributed by atoms with E-state index in [1.54, 1.807) is 0 Å². The SMILES string of the molecule is Cc1nn(C)c2c(N3CCC[C@H](C(=O)NCc4ccc(N(C)C)cc4)C3)nccc12. The molecule has 0 bridgehead atoms. The van der Waals surface area contributed by atoms with E-state index in [-0.39, 0.29) is 11.8 Å². The van der Waals surface area contributed by atoms with Gasteiger partial charge in [-0.15, -0.1) is 0 Å². The van der Waals surface area contributed by atoms with Crippen LogP contribution in [0, 0.1) is 12.8 Å². The maximum atomic E-state index is 12.9. The number of anilines is 2. The Labute approximate surface area is 177 Å². The van der Waals surface area contributed by atoms with E-state index >= 15 is 0 Å². The van der Waals surface area contributed by atoms with Gasteiger partial charge in [0.25, 0.3) is 0 Å². The summed E-state index contributed by atoms with van der Waals surface area (Å²) in [5, 5.41) is 8.79. The van der Waals surface area contributed by atoms with Crippen LogP contribution in [0.15, 0.2) is 36.5 Å². The summed E-state index contributed by atoms with van der Waals surface area (Å²) in [5.41, 5.74) is 4.30. The molecule has 0 saturated carbocycles. The maximum Gasteiger partial charge on any atom is 0.225 e. The Balaban J connectivity index is 1.43. The van der Waals surface area contributed by atoms with E-state index in [2.05, 4.69) is 49.5 Å². The molecule has 7 nitrogen and oxygen atoms in total. The first-order valence-electron chi connectivity index (χ1n) is 10.5. The number of benzene rings is 1. The van der Waals surface area contributed by atoms with Gasteiger partial charge in [-0.3, -0.25) is 9.48 Å². The second-order valence-corrected chi connectivity index (χ2v) is 8.30. The van der Waals surface area contributed by atoms with Gasteiger partial charge in [0.2, 0.25) is 5.91 Å². The van der Waals surface area contributed by atoms with Crippen molar-refractivity contribution in [1.82, 2.24) is 20.1 Å². The molecule has 1 N–H and O–H groups in total. The van der Waals surface area contributed by atoms with E-state index in [1.165, 1.54) is 0 Å². The monoisotopic (exact) mass is 406 g/mol. The summed E-state index contributed by atoms with van der Waals surface area (Å²) >= 11 is 0. The number of piperidine rings is 1. The van der Waals surface area contributed by atoms with Gasteiger partial charge in [-0.2, -0.15) is 5.10 Å². The largest absolute Gasteiger partial charge is 0.378 e. The van der Waals surface area contributed by atoms with Gasteiger partial charge in [0.05, 0.1) is 11.6 Å². The fraction of sp³-hybridized carbons (Fsp3) is 0.435. The average Bonchev–Trinajstić information content (AvgIpc) is 3.06. The van der Waals surface area contributed by atoms with E-state index in [9.17, 15) is 4.79 Å². The minimum absolute atomic E-state index is 0.0359. The van der Waals surface area contributed by atoms with Crippen molar-refractivity contribution in [1.29, 1.82) is 0 Å². The summed E-state index contributed by atoms with van der Waals surface area (Å²) in [5.74, 6) is 1.00. The third kappa shape index (κ3) is 3.97. The van der Waals surface area contributed by atoms with Crippen LogP contribution in [0.1, 0.15) is 24.1 Å².